The van der Waals surface area contributed by atoms with Gasteiger partial charge in [0.1, 0.15) is 17.3 Å². The van der Waals surface area contributed by atoms with Gasteiger partial charge in [0.2, 0.25) is 0 Å². The molecule has 1 N–H and O–H groups in total. The predicted octanol–water partition coefficient (Wildman–Crippen LogP) is 4.85. The average molecular weight is 379 g/mol. The molecule has 1 amide bonds. The van der Waals surface area contributed by atoms with Gasteiger partial charge in [0.15, 0.2) is 0 Å². The first-order valence-corrected chi connectivity index (χ1v) is 9.15. The third-order valence-electron chi connectivity index (χ3n) is 4.14. The minimum absolute atomic E-state index is 0.0374. The van der Waals surface area contributed by atoms with Gasteiger partial charge in [-0.1, -0.05) is 36.0 Å². The van der Waals surface area contributed by atoms with E-state index in [0.29, 0.717) is 27.4 Å². The Balaban J connectivity index is 1.82. The van der Waals surface area contributed by atoms with Crippen LogP contribution < -0.4 is 5.32 Å². The molecule has 1 aromatic heterocycles. The number of nitrogens with zero attached hydrogens (tertiary/aromatic N) is 3. The van der Waals surface area contributed by atoms with Gasteiger partial charge < -0.3 is 10.2 Å². The lowest BCUT2D eigenvalue weighted by atomic mass is 10.2. The number of amides is 1. The Morgan fingerprint density at radius 1 is 1.04 bits per heavy atom. The molecule has 1 saturated heterocycles. The average Bonchev–Trinajstić information content (AvgIpc) is 2.86. The van der Waals surface area contributed by atoms with Crippen LogP contribution in [0.2, 0.25) is 10.0 Å². The molecule has 25 heavy (non-hydrogen) atoms. The van der Waals surface area contributed by atoms with Crippen molar-refractivity contribution in [2.24, 2.45) is 0 Å². The van der Waals surface area contributed by atoms with Crippen LogP contribution in [-0.2, 0) is 0 Å². The second kappa shape index (κ2) is 8.02. The number of anilines is 2. The summed E-state index contributed by atoms with van der Waals surface area (Å²) < 4.78 is 0. The SMILES string of the molecule is Cc1nc(Nc2ccc(Cl)c(Cl)c2)cc(C(=O)N2CCCCCC2)n1. The highest BCUT2D eigenvalue weighted by atomic mass is 35.5. The van der Waals surface area contributed by atoms with Crippen LogP contribution in [0.4, 0.5) is 11.5 Å². The van der Waals surface area contributed by atoms with Crippen LogP contribution in [0.25, 0.3) is 0 Å². The molecule has 1 aliphatic heterocycles. The Morgan fingerprint density at radius 3 is 2.44 bits per heavy atom. The quantitative estimate of drug-likeness (QED) is 0.828. The maximum absolute atomic E-state index is 12.8. The number of aryl methyl sites for hydroxylation is 1. The lowest BCUT2D eigenvalue weighted by Gasteiger charge is -2.20. The maximum atomic E-state index is 12.8. The van der Waals surface area contributed by atoms with Crippen molar-refractivity contribution in [2.45, 2.75) is 32.6 Å². The third-order valence-corrected chi connectivity index (χ3v) is 4.88. The van der Waals surface area contributed by atoms with Gasteiger partial charge in [-0.05, 0) is 38.0 Å². The van der Waals surface area contributed by atoms with Gasteiger partial charge in [-0.25, -0.2) is 9.97 Å². The van der Waals surface area contributed by atoms with Gasteiger partial charge in [0, 0.05) is 24.8 Å². The zero-order chi connectivity index (χ0) is 17.8. The van der Waals surface area contributed by atoms with E-state index >= 15 is 0 Å². The number of rotatable bonds is 3. The summed E-state index contributed by atoms with van der Waals surface area (Å²) in [4.78, 5) is 23.3. The van der Waals surface area contributed by atoms with Crippen LogP contribution in [0.5, 0.6) is 0 Å². The largest absolute Gasteiger partial charge is 0.340 e. The molecule has 1 aliphatic rings. The van der Waals surface area contributed by atoms with Crippen molar-refractivity contribution >= 4 is 40.6 Å². The number of likely N-dealkylation sites (tertiary alicyclic amines) is 1. The van der Waals surface area contributed by atoms with Crippen LogP contribution in [0.3, 0.4) is 0 Å². The fraction of sp³-hybridized carbons (Fsp3) is 0.389. The first kappa shape index (κ1) is 18.0. The van der Waals surface area contributed by atoms with Crippen LogP contribution in [-0.4, -0.2) is 33.9 Å². The maximum Gasteiger partial charge on any atom is 0.272 e. The summed E-state index contributed by atoms with van der Waals surface area (Å²) in [5, 5.41) is 4.10. The van der Waals surface area contributed by atoms with E-state index in [4.69, 9.17) is 23.2 Å². The zero-order valence-corrected chi connectivity index (χ0v) is 15.6. The minimum atomic E-state index is -0.0374. The molecule has 1 fully saturated rings. The summed E-state index contributed by atoms with van der Waals surface area (Å²) in [5.74, 6) is 1.07. The zero-order valence-electron chi connectivity index (χ0n) is 14.1. The monoisotopic (exact) mass is 378 g/mol. The summed E-state index contributed by atoms with van der Waals surface area (Å²) in [7, 11) is 0. The lowest BCUT2D eigenvalue weighted by molar-refractivity contribution is 0.0755. The Labute approximate surface area is 157 Å². The smallest absolute Gasteiger partial charge is 0.272 e. The van der Waals surface area contributed by atoms with E-state index in [-0.39, 0.29) is 5.91 Å². The summed E-state index contributed by atoms with van der Waals surface area (Å²) in [6, 6.07) is 6.92. The molecule has 0 atom stereocenters. The molecule has 2 heterocycles. The Hall–Kier alpha value is -1.85. The minimum Gasteiger partial charge on any atom is -0.340 e. The molecule has 5 nitrogen and oxygen atoms in total. The normalized spacial score (nSPS) is 14.9. The van der Waals surface area contributed by atoms with Gasteiger partial charge in [-0.3, -0.25) is 4.79 Å². The van der Waals surface area contributed by atoms with Crippen molar-refractivity contribution in [1.29, 1.82) is 0 Å². The van der Waals surface area contributed by atoms with E-state index in [1.165, 1.54) is 12.8 Å². The van der Waals surface area contributed by atoms with Crippen LogP contribution in [0, 0.1) is 6.92 Å². The van der Waals surface area contributed by atoms with Crippen molar-refractivity contribution in [3.63, 3.8) is 0 Å². The first-order chi connectivity index (χ1) is 12.0. The number of benzene rings is 1. The third kappa shape index (κ3) is 4.61. The number of carbonyl (C=O) groups is 1. The predicted molar refractivity (Wildman–Crippen MR) is 101 cm³/mol. The summed E-state index contributed by atoms with van der Waals surface area (Å²) in [6.45, 7) is 3.36. The summed E-state index contributed by atoms with van der Waals surface area (Å²) in [6.07, 6.45) is 4.45. The van der Waals surface area contributed by atoms with Crippen LogP contribution in [0.1, 0.15) is 42.0 Å². The molecular weight excluding hydrogens is 359 g/mol. The van der Waals surface area contributed by atoms with Crippen LogP contribution >= 0.6 is 23.2 Å². The fourth-order valence-electron chi connectivity index (χ4n) is 2.90. The van der Waals surface area contributed by atoms with Gasteiger partial charge in [0.25, 0.3) is 5.91 Å². The molecule has 0 radical (unpaired) electrons. The van der Waals surface area contributed by atoms with Crippen LogP contribution in [0.15, 0.2) is 24.3 Å². The molecule has 0 saturated carbocycles. The molecule has 7 heteroatoms. The lowest BCUT2D eigenvalue weighted by Crippen LogP contribution is -2.32. The van der Waals surface area contributed by atoms with Gasteiger partial charge in [-0.15, -0.1) is 0 Å². The van der Waals surface area contributed by atoms with Crippen molar-refractivity contribution in [3.05, 3.63) is 45.8 Å². The Kier molecular flexibility index (Phi) is 5.76. The molecule has 0 unspecified atom stereocenters. The first-order valence-electron chi connectivity index (χ1n) is 8.40. The molecule has 1 aromatic carbocycles. The summed E-state index contributed by atoms with van der Waals surface area (Å²) in [5.41, 5.74) is 1.16. The van der Waals surface area contributed by atoms with Crippen molar-refractivity contribution in [2.75, 3.05) is 18.4 Å². The molecule has 0 aliphatic carbocycles. The Morgan fingerprint density at radius 2 is 1.76 bits per heavy atom. The topological polar surface area (TPSA) is 58.1 Å². The highest BCUT2D eigenvalue weighted by Crippen LogP contribution is 2.26. The number of hydrogen-bond acceptors (Lipinski definition) is 4. The van der Waals surface area contributed by atoms with E-state index in [0.717, 1.165) is 31.6 Å². The number of carbonyl (C=O) groups excluding carboxylic acids is 1. The highest BCUT2D eigenvalue weighted by Gasteiger charge is 2.19. The van der Waals surface area contributed by atoms with Gasteiger partial charge >= 0.3 is 0 Å². The number of halogens is 2. The molecule has 0 spiro atoms. The summed E-state index contributed by atoms with van der Waals surface area (Å²) >= 11 is 12.0. The standard InChI is InChI=1S/C18H20Cl2N4O/c1-12-21-16(18(25)24-8-4-2-3-5-9-24)11-17(22-12)23-13-6-7-14(19)15(20)10-13/h6-7,10-11H,2-5,8-9H2,1H3,(H,21,22,23). The molecule has 132 valence electrons. The van der Waals surface area contributed by atoms with Crippen molar-refractivity contribution < 1.29 is 4.79 Å². The highest BCUT2D eigenvalue weighted by molar-refractivity contribution is 6.42. The molecule has 3 rings (SSSR count). The number of hydrogen-bond donors (Lipinski definition) is 1. The van der Waals surface area contributed by atoms with E-state index < -0.39 is 0 Å². The van der Waals surface area contributed by atoms with Gasteiger partial charge in [-0.2, -0.15) is 0 Å². The van der Waals surface area contributed by atoms with Crippen molar-refractivity contribution in [1.82, 2.24) is 14.9 Å². The van der Waals surface area contributed by atoms with E-state index in [1.54, 1.807) is 25.1 Å². The fourth-order valence-corrected chi connectivity index (χ4v) is 3.20. The molecule has 2 aromatic rings. The van der Waals surface area contributed by atoms with E-state index in [1.807, 2.05) is 11.0 Å². The molecule has 0 bridgehead atoms. The molecular formula is C18H20Cl2N4O. The number of aromatic nitrogens is 2. The second-order valence-electron chi connectivity index (χ2n) is 6.15. The van der Waals surface area contributed by atoms with Gasteiger partial charge in [0.05, 0.1) is 10.0 Å². The Bertz CT molecular complexity index is 774. The van der Waals surface area contributed by atoms with Crippen molar-refractivity contribution in [3.8, 4) is 0 Å². The van der Waals surface area contributed by atoms with E-state index in [9.17, 15) is 4.79 Å². The second-order valence-corrected chi connectivity index (χ2v) is 6.96. The van der Waals surface area contributed by atoms with E-state index in [2.05, 4.69) is 15.3 Å². The number of nitrogens with one attached hydrogen (secondary N) is 1.